The number of benzene rings is 5. The van der Waals surface area contributed by atoms with E-state index in [-0.39, 0.29) is 0 Å². The van der Waals surface area contributed by atoms with Crippen molar-refractivity contribution in [1.29, 1.82) is 10.5 Å². The Labute approximate surface area is 241 Å². The molecule has 194 valence electrons. The van der Waals surface area contributed by atoms with E-state index in [4.69, 9.17) is 0 Å². The molecule has 0 heterocycles. The lowest BCUT2D eigenvalue weighted by Crippen LogP contribution is -2.08. The van der Waals surface area contributed by atoms with Crippen molar-refractivity contribution in [2.75, 3.05) is 4.90 Å². The van der Waals surface area contributed by atoms with Gasteiger partial charge in [-0.3, -0.25) is 0 Å². The van der Waals surface area contributed by atoms with Gasteiger partial charge in [-0.05, 0) is 75.9 Å². The van der Waals surface area contributed by atoms with Crippen LogP contribution in [-0.4, -0.2) is 0 Å². The van der Waals surface area contributed by atoms with E-state index < -0.39 is 0 Å². The normalized spacial score (nSPS) is 11.0. The SMILES string of the molecule is C=C/C=C(\C=C/N(c1ccc(-c2ccccc2)cc1)c1ccc(-c2ccc(C#N)c(C#N)c2)cc1)c1ccccc1. The molecule has 0 saturated heterocycles. The molecule has 3 nitrogen and oxygen atoms in total. The van der Waals surface area contributed by atoms with Crippen LogP contribution < -0.4 is 4.90 Å². The zero-order valence-corrected chi connectivity index (χ0v) is 22.5. The van der Waals surface area contributed by atoms with Gasteiger partial charge < -0.3 is 4.90 Å². The second-order valence-corrected chi connectivity index (χ2v) is 9.35. The van der Waals surface area contributed by atoms with Crippen LogP contribution in [0.1, 0.15) is 16.7 Å². The van der Waals surface area contributed by atoms with Crippen molar-refractivity contribution in [1.82, 2.24) is 0 Å². The Morgan fingerprint density at radius 2 is 1.10 bits per heavy atom. The maximum absolute atomic E-state index is 9.45. The summed E-state index contributed by atoms with van der Waals surface area (Å²) >= 11 is 0. The molecule has 0 aliphatic rings. The van der Waals surface area contributed by atoms with Crippen molar-refractivity contribution in [2.45, 2.75) is 0 Å². The average Bonchev–Trinajstić information content (AvgIpc) is 3.05. The Morgan fingerprint density at radius 3 is 1.66 bits per heavy atom. The van der Waals surface area contributed by atoms with Crippen LogP contribution in [-0.2, 0) is 0 Å². The Kier molecular flexibility index (Phi) is 8.31. The number of nitriles is 2. The van der Waals surface area contributed by atoms with E-state index in [1.54, 1.807) is 18.2 Å². The van der Waals surface area contributed by atoms with Crippen molar-refractivity contribution in [3.05, 3.63) is 175 Å². The van der Waals surface area contributed by atoms with Crippen LogP contribution >= 0.6 is 0 Å². The quantitative estimate of drug-likeness (QED) is 0.189. The summed E-state index contributed by atoms with van der Waals surface area (Å²) < 4.78 is 0. The molecule has 0 aromatic heterocycles. The summed E-state index contributed by atoms with van der Waals surface area (Å²) in [5.74, 6) is 0. The van der Waals surface area contributed by atoms with Gasteiger partial charge in [0.15, 0.2) is 0 Å². The third-order valence-corrected chi connectivity index (χ3v) is 6.80. The van der Waals surface area contributed by atoms with Gasteiger partial charge in [-0.25, -0.2) is 0 Å². The first-order chi connectivity index (χ1) is 20.2. The number of hydrogen-bond donors (Lipinski definition) is 0. The molecule has 3 heteroatoms. The summed E-state index contributed by atoms with van der Waals surface area (Å²) in [6.07, 6.45) is 7.97. The zero-order chi connectivity index (χ0) is 28.4. The highest BCUT2D eigenvalue weighted by atomic mass is 15.1. The molecule has 0 fully saturated rings. The van der Waals surface area contributed by atoms with Gasteiger partial charge in [0, 0.05) is 17.6 Å². The maximum atomic E-state index is 9.45. The topological polar surface area (TPSA) is 50.8 Å². The molecule has 41 heavy (non-hydrogen) atoms. The van der Waals surface area contributed by atoms with Gasteiger partial charge in [-0.15, -0.1) is 0 Å². The highest BCUT2D eigenvalue weighted by Gasteiger charge is 2.10. The highest BCUT2D eigenvalue weighted by Crippen LogP contribution is 2.32. The second-order valence-electron chi connectivity index (χ2n) is 9.35. The van der Waals surface area contributed by atoms with Gasteiger partial charge in [0.25, 0.3) is 0 Å². The average molecular weight is 526 g/mol. The molecular formula is C38H27N3. The molecule has 0 radical (unpaired) electrons. The first kappa shape index (κ1) is 26.7. The summed E-state index contributed by atoms with van der Waals surface area (Å²) in [5, 5.41) is 18.7. The molecule has 0 N–H and O–H groups in total. The van der Waals surface area contributed by atoms with E-state index in [1.165, 1.54) is 5.56 Å². The minimum Gasteiger partial charge on any atom is -0.317 e. The first-order valence-corrected chi connectivity index (χ1v) is 13.3. The van der Waals surface area contributed by atoms with E-state index in [0.29, 0.717) is 11.1 Å². The molecule has 5 aromatic rings. The lowest BCUT2D eigenvalue weighted by Gasteiger charge is -2.22. The van der Waals surface area contributed by atoms with Crippen molar-refractivity contribution < 1.29 is 0 Å². The van der Waals surface area contributed by atoms with Crippen LogP contribution in [0, 0.1) is 22.7 Å². The van der Waals surface area contributed by atoms with E-state index in [0.717, 1.165) is 39.2 Å². The minimum atomic E-state index is 0.375. The van der Waals surface area contributed by atoms with Gasteiger partial charge in [0.2, 0.25) is 0 Å². The largest absolute Gasteiger partial charge is 0.317 e. The summed E-state index contributed by atoms with van der Waals surface area (Å²) in [6.45, 7) is 3.91. The molecule has 0 spiro atoms. The summed E-state index contributed by atoms with van der Waals surface area (Å²) in [6, 6.07) is 46.8. The molecule has 0 aliphatic carbocycles. The molecule has 0 amide bonds. The highest BCUT2D eigenvalue weighted by molar-refractivity contribution is 5.79. The fourth-order valence-corrected chi connectivity index (χ4v) is 4.65. The molecule has 0 atom stereocenters. The third-order valence-electron chi connectivity index (χ3n) is 6.80. The molecule has 0 unspecified atom stereocenters. The van der Waals surface area contributed by atoms with E-state index in [2.05, 4.69) is 96.6 Å². The standard InChI is InChI=1S/C38H27N3/c1-2-9-29(30-10-5-3-6-11-30)24-25-41(37-20-16-32(17-21-37)31-12-7-4-8-13-31)38-22-18-33(19-23-38)34-14-15-35(27-39)36(26-34)28-40/h2-26H,1H2/b25-24-,29-9+. The predicted octanol–water partition coefficient (Wildman–Crippen LogP) is 9.69. The Morgan fingerprint density at radius 1 is 0.585 bits per heavy atom. The molecule has 0 bridgehead atoms. The predicted molar refractivity (Wildman–Crippen MR) is 169 cm³/mol. The molecule has 5 aromatic carbocycles. The van der Waals surface area contributed by atoms with Crippen molar-refractivity contribution >= 4 is 16.9 Å². The van der Waals surface area contributed by atoms with Crippen LogP contribution in [0.5, 0.6) is 0 Å². The van der Waals surface area contributed by atoms with E-state index in [1.807, 2.05) is 60.7 Å². The second kappa shape index (κ2) is 12.8. The van der Waals surface area contributed by atoms with Crippen molar-refractivity contribution in [2.24, 2.45) is 0 Å². The van der Waals surface area contributed by atoms with E-state index >= 15 is 0 Å². The lowest BCUT2D eigenvalue weighted by molar-refractivity contribution is 1.28. The fourth-order valence-electron chi connectivity index (χ4n) is 4.65. The molecule has 5 rings (SSSR count). The first-order valence-electron chi connectivity index (χ1n) is 13.3. The van der Waals surface area contributed by atoms with E-state index in [9.17, 15) is 10.5 Å². The summed E-state index contributed by atoms with van der Waals surface area (Å²) in [7, 11) is 0. The monoisotopic (exact) mass is 525 g/mol. The van der Waals surface area contributed by atoms with Gasteiger partial charge in [-0.1, -0.05) is 110 Å². The van der Waals surface area contributed by atoms with Gasteiger partial charge in [-0.2, -0.15) is 10.5 Å². The minimum absolute atomic E-state index is 0.375. The maximum Gasteiger partial charge on any atom is 0.101 e. The number of hydrogen-bond acceptors (Lipinski definition) is 3. The number of allylic oxidation sites excluding steroid dienone is 4. The van der Waals surface area contributed by atoms with Gasteiger partial charge in [0.05, 0.1) is 11.1 Å². The molecular weight excluding hydrogens is 498 g/mol. The number of anilines is 2. The zero-order valence-electron chi connectivity index (χ0n) is 22.5. The smallest absolute Gasteiger partial charge is 0.101 e. The van der Waals surface area contributed by atoms with Crippen LogP contribution in [0.3, 0.4) is 0 Å². The number of nitrogens with zero attached hydrogens (tertiary/aromatic N) is 3. The Bertz CT molecular complexity index is 1780. The third kappa shape index (κ3) is 6.23. The molecule has 0 aliphatic heterocycles. The van der Waals surface area contributed by atoms with Crippen LogP contribution in [0.25, 0.3) is 27.8 Å². The van der Waals surface area contributed by atoms with Crippen molar-refractivity contribution in [3.8, 4) is 34.4 Å². The molecule has 0 saturated carbocycles. The summed E-state index contributed by atoms with van der Waals surface area (Å²) in [5.41, 5.74) is 9.09. The summed E-state index contributed by atoms with van der Waals surface area (Å²) in [4.78, 5) is 2.15. The van der Waals surface area contributed by atoms with Crippen LogP contribution in [0.15, 0.2) is 158 Å². The fraction of sp³-hybridized carbons (Fsp3) is 0. The Hall–Kier alpha value is -5.90. The van der Waals surface area contributed by atoms with Crippen molar-refractivity contribution in [3.63, 3.8) is 0 Å². The van der Waals surface area contributed by atoms with Crippen LogP contribution in [0.4, 0.5) is 11.4 Å². The van der Waals surface area contributed by atoms with Gasteiger partial charge in [0.1, 0.15) is 12.1 Å². The van der Waals surface area contributed by atoms with Crippen LogP contribution in [0.2, 0.25) is 0 Å². The lowest BCUT2D eigenvalue weighted by atomic mass is 10.00. The number of rotatable bonds is 8. The Balaban J connectivity index is 1.52. The van der Waals surface area contributed by atoms with Gasteiger partial charge >= 0.3 is 0 Å².